The van der Waals surface area contributed by atoms with Gasteiger partial charge in [0.05, 0.1) is 10.6 Å². The fourth-order valence-electron chi connectivity index (χ4n) is 4.43. The Hall–Kier alpha value is -3.36. The molecule has 0 aliphatic rings. The molecule has 1 N–H and O–H groups in total. The summed E-state index contributed by atoms with van der Waals surface area (Å²) in [5, 5.41) is 3.35. The third kappa shape index (κ3) is 7.43. The van der Waals surface area contributed by atoms with Crippen LogP contribution in [0.15, 0.2) is 71.6 Å². The zero-order chi connectivity index (χ0) is 29.4. The fourth-order valence-corrected chi connectivity index (χ4v) is 6.10. The molecule has 0 bridgehead atoms. The van der Waals surface area contributed by atoms with Crippen LogP contribution in [-0.4, -0.2) is 44.3 Å². The fraction of sp³-hybridized carbons (Fsp3) is 0.355. The minimum absolute atomic E-state index is 0.0573. The van der Waals surface area contributed by atoms with E-state index >= 15 is 0 Å². The van der Waals surface area contributed by atoms with Crippen LogP contribution in [0.1, 0.15) is 48.9 Å². The van der Waals surface area contributed by atoms with Gasteiger partial charge >= 0.3 is 0 Å². The van der Waals surface area contributed by atoms with Gasteiger partial charge in [-0.1, -0.05) is 73.5 Å². The highest BCUT2D eigenvalue weighted by atomic mass is 35.5. The number of anilines is 1. The second-order valence-corrected chi connectivity index (χ2v) is 12.2. The maximum absolute atomic E-state index is 14.1. The summed E-state index contributed by atoms with van der Waals surface area (Å²) in [6.07, 6.45) is 1.09. The molecule has 9 heteroatoms. The second-order valence-electron chi connectivity index (χ2n) is 9.94. The molecule has 0 radical (unpaired) electrons. The van der Waals surface area contributed by atoms with Crippen molar-refractivity contribution < 1.29 is 18.0 Å². The summed E-state index contributed by atoms with van der Waals surface area (Å²) >= 11 is 6.44. The van der Waals surface area contributed by atoms with Crippen LogP contribution >= 0.6 is 11.6 Å². The lowest BCUT2D eigenvalue weighted by Crippen LogP contribution is -2.52. The van der Waals surface area contributed by atoms with E-state index in [2.05, 4.69) is 5.32 Å². The first-order chi connectivity index (χ1) is 19.0. The Labute approximate surface area is 243 Å². The number of halogens is 1. The summed E-state index contributed by atoms with van der Waals surface area (Å²) in [5.41, 5.74) is 3.56. The highest BCUT2D eigenvalue weighted by Gasteiger charge is 2.34. The molecule has 0 aliphatic heterocycles. The molecule has 3 aromatic carbocycles. The maximum atomic E-state index is 14.1. The van der Waals surface area contributed by atoms with Crippen molar-refractivity contribution >= 4 is 39.1 Å². The number of hydrogen-bond donors (Lipinski definition) is 1. The molecule has 0 fully saturated rings. The van der Waals surface area contributed by atoms with Gasteiger partial charge < -0.3 is 10.2 Å². The van der Waals surface area contributed by atoms with Gasteiger partial charge in [0.2, 0.25) is 11.8 Å². The predicted molar refractivity (Wildman–Crippen MR) is 161 cm³/mol. The standard InChI is InChI=1S/C31H38ClN3O4S/c1-6-18-33-31(37)28(7-2)34(20-25-10-8-9-11-27(25)32)30(36)21-35(29-19-23(4)12-15-24(29)5)40(38,39)26-16-13-22(3)14-17-26/h8-17,19,28H,6-7,18,20-21H2,1-5H3,(H,33,37). The largest absolute Gasteiger partial charge is 0.354 e. The molecule has 7 nitrogen and oxygen atoms in total. The van der Waals surface area contributed by atoms with Crippen molar-refractivity contribution in [3.63, 3.8) is 0 Å². The topological polar surface area (TPSA) is 86.8 Å². The normalized spacial score (nSPS) is 12.1. The summed E-state index contributed by atoms with van der Waals surface area (Å²) in [7, 11) is -4.13. The van der Waals surface area contributed by atoms with Crippen molar-refractivity contribution in [3.05, 3.63) is 94.0 Å². The zero-order valence-electron chi connectivity index (χ0n) is 23.8. The monoisotopic (exact) mass is 583 g/mol. The van der Waals surface area contributed by atoms with Crippen LogP contribution in [0.2, 0.25) is 5.02 Å². The molecule has 0 aliphatic carbocycles. The van der Waals surface area contributed by atoms with Crippen LogP contribution in [0.4, 0.5) is 5.69 Å². The Balaban J connectivity index is 2.11. The molecule has 3 aromatic rings. The summed E-state index contributed by atoms with van der Waals surface area (Å²) in [5.74, 6) is -0.792. The minimum atomic E-state index is -4.13. The molecular weight excluding hydrogens is 546 g/mol. The van der Waals surface area contributed by atoms with E-state index in [4.69, 9.17) is 11.6 Å². The molecule has 0 heterocycles. The highest BCUT2D eigenvalue weighted by molar-refractivity contribution is 7.92. The summed E-state index contributed by atoms with van der Waals surface area (Å²) in [6.45, 7) is 9.38. The molecule has 0 aromatic heterocycles. The van der Waals surface area contributed by atoms with Gasteiger partial charge in [-0.25, -0.2) is 8.42 Å². The maximum Gasteiger partial charge on any atom is 0.264 e. The van der Waals surface area contributed by atoms with Gasteiger partial charge in [0, 0.05) is 18.1 Å². The molecule has 214 valence electrons. The number of sulfonamides is 1. The molecule has 40 heavy (non-hydrogen) atoms. The number of nitrogens with one attached hydrogen (secondary N) is 1. The van der Waals surface area contributed by atoms with E-state index in [0.29, 0.717) is 34.8 Å². The van der Waals surface area contributed by atoms with Gasteiger partial charge in [-0.05, 0) is 74.6 Å². The molecule has 0 spiro atoms. The summed E-state index contributed by atoms with van der Waals surface area (Å²) in [4.78, 5) is 28.9. The summed E-state index contributed by atoms with van der Waals surface area (Å²) < 4.78 is 29.2. The number of aryl methyl sites for hydroxylation is 3. The van der Waals surface area contributed by atoms with Crippen LogP contribution in [0.5, 0.6) is 0 Å². The Morgan fingerprint density at radius 2 is 1.57 bits per heavy atom. The number of amides is 2. The summed E-state index contributed by atoms with van der Waals surface area (Å²) in [6, 6.07) is 18.3. The van der Waals surface area contributed by atoms with Gasteiger partial charge in [-0.3, -0.25) is 13.9 Å². The lowest BCUT2D eigenvalue weighted by Gasteiger charge is -2.33. The number of benzene rings is 3. The van der Waals surface area contributed by atoms with E-state index in [1.165, 1.54) is 4.90 Å². The molecule has 1 unspecified atom stereocenters. The molecule has 0 saturated carbocycles. The van der Waals surface area contributed by atoms with Crippen LogP contribution in [0, 0.1) is 20.8 Å². The molecule has 0 saturated heterocycles. The highest BCUT2D eigenvalue weighted by Crippen LogP contribution is 2.29. The van der Waals surface area contributed by atoms with Crippen molar-refractivity contribution in [2.45, 2.75) is 64.9 Å². The van der Waals surface area contributed by atoms with E-state index in [-0.39, 0.29) is 17.3 Å². The van der Waals surface area contributed by atoms with Crippen LogP contribution in [0.3, 0.4) is 0 Å². The molecule has 2 amide bonds. The first kappa shape index (κ1) is 31.2. The van der Waals surface area contributed by atoms with E-state index in [1.807, 2.05) is 52.8 Å². The zero-order valence-corrected chi connectivity index (χ0v) is 25.3. The Morgan fingerprint density at radius 1 is 0.925 bits per heavy atom. The van der Waals surface area contributed by atoms with Crippen LogP contribution in [0.25, 0.3) is 0 Å². The van der Waals surface area contributed by atoms with Crippen molar-refractivity contribution in [1.29, 1.82) is 0 Å². The van der Waals surface area contributed by atoms with Gasteiger partial charge in [-0.2, -0.15) is 0 Å². The molecule has 3 rings (SSSR count). The molecule has 1 atom stereocenters. The number of hydrogen-bond acceptors (Lipinski definition) is 4. The van der Waals surface area contributed by atoms with Crippen molar-refractivity contribution in [3.8, 4) is 0 Å². The number of nitrogens with zero attached hydrogens (tertiary/aromatic N) is 2. The first-order valence-corrected chi connectivity index (χ1v) is 15.3. The van der Waals surface area contributed by atoms with Gasteiger partial charge in [0.25, 0.3) is 10.0 Å². The van der Waals surface area contributed by atoms with Crippen molar-refractivity contribution in [1.82, 2.24) is 10.2 Å². The lowest BCUT2D eigenvalue weighted by molar-refractivity contribution is -0.140. The smallest absolute Gasteiger partial charge is 0.264 e. The van der Waals surface area contributed by atoms with E-state index in [1.54, 1.807) is 48.5 Å². The van der Waals surface area contributed by atoms with E-state index in [0.717, 1.165) is 21.9 Å². The quantitative estimate of drug-likeness (QED) is 0.292. The average molecular weight is 584 g/mol. The molecular formula is C31H38ClN3O4S. The number of carbonyl (C=O) groups is 2. The SMILES string of the molecule is CCCNC(=O)C(CC)N(Cc1ccccc1Cl)C(=O)CN(c1cc(C)ccc1C)S(=O)(=O)c1ccc(C)cc1. The average Bonchev–Trinajstić information content (AvgIpc) is 2.93. The third-order valence-electron chi connectivity index (χ3n) is 6.75. The predicted octanol–water partition coefficient (Wildman–Crippen LogP) is 5.79. The Kier molecular flexibility index (Phi) is 10.8. The van der Waals surface area contributed by atoms with Crippen LogP contribution in [-0.2, 0) is 26.2 Å². The number of rotatable bonds is 12. The number of carbonyl (C=O) groups excluding carboxylic acids is 2. The lowest BCUT2D eigenvalue weighted by atomic mass is 10.1. The second kappa shape index (κ2) is 13.8. The van der Waals surface area contributed by atoms with Gasteiger partial charge in [-0.15, -0.1) is 0 Å². The first-order valence-electron chi connectivity index (χ1n) is 13.5. The minimum Gasteiger partial charge on any atom is -0.354 e. The van der Waals surface area contributed by atoms with Gasteiger partial charge in [0.1, 0.15) is 12.6 Å². The van der Waals surface area contributed by atoms with Crippen molar-refractivity contribution in [2.24, 2.45) is 0 Å². The van der Waals surface area contributed by atoms with E-state index < -0.39 is 28.5 Å². The van der Waals surface area contributed by atoms with E-state index in [9.17, 15) is 18.0 Å². The van der Waals surface area contributed by atoms with Gasteiger partial charge in [0.15, 0.2) is 0 Å². The Bertz CT molecular complexity index is 1440. The third-order valence-corrected chi connectivity index (χ3v) is 8.90. The van der Waals surface area contributed by atoms with Crippen LogP contribution < -0.4 is 9.62 Å². The Morgan fingerprint density at radius 3 is 2.20 bits per heavy atom. The van der Waals surface area contributed by atoms with Crippen molar-refractivity contribution in [2.75, 3.05) is 17.4 Å².